The van der Waals surface area contributed by atoms with Gasteiger partial charge in [0.25, 0.3) is 5.91 Å². The summed E-state index contributed by atoms with van der Waals surface area (Å²) in [7, 11) is 0. The van der Waals surface area contributed by atoms with Gasteiger partial charge in [-0.3, -0.25) is 4.79 Å². The van der Waals surface area contributed by atoms with Crippen LogP contribution in [0.25, 0.3) is 10.9 Å². The Kier molecular flexibility index (Phi) is 6.05. The zero-order valence-corrected chi connectivity index (χ0v) is 16.9. The average molecular weight is 369 g/mol. The normalized spacial score (nSPS) is 17.7. The van der Waals surface area contributed by atoms with Crippen LogP contribution in [0, 0.1) is 6.92 Å². The molecule has 1 saturated heterocycles. The maximum Gasteiger partial charge on any atom is 0.271 e. The molecule has 27 heavy (non-hydrogen) atoms. The average Bonchev–Trinajstić information content (AvgIpc) is 2.94. The van der Waals surface area contributed by atoms with Gasteiger partial charge < -0.3 is 14.6 Å². The summed E-state index contributed by atoms with van der Waals surface area (Å²) in [5.41, 5.74) is 4.20. The maximum absolute atomic E-state index is 13.6. The van der Waals surface area contributed by atoms with E-state index in [9.17, 15) is 9.90 Å². The Labute approximate surface area is 162 Å². The molecule has 0 bridgehead atoms. The molecule has 1 unspecified atom stereocenters. The number of carbonyl (C=O) groups excluding carboxylic acids is 1. The monoisotopic (exact) mass is 368 g/mol. The highest BCUT2D eigenvalue weighted by atomic mass is 16.3. The molecule has 1 aromatic carbocycles. The van der Waals surface area contributed by atoms with Gasteiger partial charge in [-0.15, -0.1) is 6.58 Å². The Morgan fingerprint density at radius 2 is 2.15 bits per heavy atom. The lowest BCUT2D eigenvalue weighted by Crippen LogP contribution is -2.45. The number of aromatic nitrogens is 1. The third-order valence-corrected chi connectivity index (χ3v) is 5.87. The molecule has 1 fully saturated rings. The Hall–Kier alpha value is -2.07. The smallest absolute Gasteiger partial charge is 0.271 e. The molecule has 4 heteroatoms. The molecule has 2 aromatic rings. The van der Waals surface area contributed by atoms with Crippen molar-refractivity contribution in [2.45, 2.75) is 65.0 Å². The van der Waals surface area contributed by atoms with Crippen LogP contribution in [0.2, 0.25) is 0 Å². The summed E-state index contributed by atoms with van der Waals surface area (Å²) in [6.45, 7) is 11.9. The minimum absolute atomic E-state index is 0.0924. The van der Waals surface area contributed by atoms with Crippen molar-refractivity contribution < 1.29 is 9.90 Å². The van der Waals surface area contributed by atoms with E-state index in [1.54, 1.807) is 0 Å². The van der Waals surface area contributed by atoms with Gasteiger partial charge >= 0.3 is 0 Å². The van der Waals surface area contributed by atoms with Crippen molar-refractivity contribution in [1.82, 2.24) is 9.47 Å². The summed E-state index contributed by atoms with van der Waals surface area (Å²) in [6, 6.07) is 6.67. The van der Waals surface area contributed by atoms with Crippen LogP contribution in [0.4, 0.5) is 0 Å². The number of likely N-dealkylation sites (tertiary alicyclic amines) is 1. The molecule has 0 saturated carbocycles. The molecule has 2 heterocycles. The number of hydrogen-bond donors (Lipinski definition) is 1. The Morgan fingerprint density at radius 1 is 1.37 bits per heavy atom. The van der Waals surface area contributed by atoms with Gasteiger partial charge in [0.2, 0.25) is 0 Å². The minimum atomic E-state index is 0.0924. The number of piperidine rings is 1. The van der Waals surface area contributed by atoms with E-state index in [2.05, 4.69) is 50.1 Å². The summed E-state index contributed by atoms with van der Waals surface area (Å²) in [5.74, 6) is 0.543. The predicted molar refractivity (Wildman–Crippen MR) is 111 cm³/mol. The van der Waals surface area contributed by atoms with Gasteiger partial charge in [-0.2, -0.15) is 0 Å². The van der Waals surface area contributed by atoms with Gasteiger partial charge in [0.1, 0.15) is 5.69 Å². The molecule has 1 amide bonds. The summed E-state index contributed by atoms with van der Waals surface area (Å²) in [4.78, 5) is 15.6. The first-order valence-electron chi connectivity index (χ1n) is 10.1. The first-order chi connectivity index (χ1) is 13.0. The lowest BCUT2D eigenvalue weighted by molar-refractivity contribution is 0.0564. The molecule has 1 atom stereocenters. The fourth-order valence-electron chi connectivity index (χ4n) is 4.35. The van der Waals surface area contributed by atoms with Crippen molar-refractivity contribution in [3.8, 4) is 0 Å². The van der Waals surface area contributed by atoms with Crippen LogP contribution >= 0.6 is 0 Å². The topological polar surface area (TPSA) is 45.5 Å². The standard InChI is InChI=1S/C23H32N2O2/c1-5-12-25-21-10-9-18(16(2)3)15-20(21)17(4)22(25)23(27)24-13-7-6-8-19(24)11-14-26/h5,9-10,15-16,19,26H,1,6-8,11-14H2,2-4H3. The molecule has 0 spiro atoms. The number of allylic oxidation sites excluding steroid dienone is 1. The molecule has 3 rings (SSSR count). The van der Waals surface area contributed by atoms with Crippen LogP contribution in [-0.2, 0) is 6.54 Å². The minimum Gasteiger partial charge on any atom is -0.396 e. The van der Waals surface area contributed by atoms with Crippen LogP contribution in [0.1, 0.15) is 67.1 Å². The van der Waals surface area contributed by atoms with Crippen molar-refractivity contribution in [2.75, 3.05) is 13.2 Å². The number of amides is 1. The zero-order chi connectivity index (χ0) is 19.6. The third kappa shape index (κ3) is 3.68. The molecule has 146 valence electrons. The van der Waals surface area contributed by atoms with Gasteiger partial charge in [-0.05, 0) is 61.8 Å². The highest BCUT2D eigenvalue weighted by molar-refractivity contribution is 6.02. The van der Waals surface area contributed by atoms with Gasteiger partial charge in [0, 0.05) is 36.6 Å². The molecule has 1 aliphatic rings. The molecule has 0 radical (unpaired) electrons. The van der Waals surface area contributed by atoms with E-state index < -0.39 is 0 Å². The number of carbonyl (C=O) groups is 1. The molecule has 1 aromatic heterocycles. The van der Waals surface area contributed by atoms with E-state index in [4.69, 9.17) is 0 Å². The molecule has 4 nitrogen and oxygen atoms in total. The Balaban J connectivity index is 2.11. The highest BCUT2D eigenvalue weighted by Gasteiger charge is 2.31. The largest absolute Gasteiger partial charge is 0.396 e. The van der Waals surface area contributed by atoms with Crippen molar-refractivity contribution in [1.29, 1.82) is 0 Å². The second kappa shape index (κ2) is 8.30. The van der Waals surface area contributed by atoms with Gasteiger partial charge in [0.05, 0.1) is 0 Å². The Bertz CT molecular complexity index is 833. The number of aliphatic hydroxyl groups excluding tert-OH is 1. The number of rotatable bonds is 6. The lowest BCUT2D eigenvalue weighted by atomic mass is 9.98. The van der Waals surface area contributed by atoms with Crippen molar-refractivity contribution >= 4 is 16.8 Å². The van der Waals surface area contributed by atoms with Crippen LogP contribution in [0.5, 0.6) is 0 Å². The molecule has 1 N–H and O–H groups in total. The molecule has 1 aliphatic heterocycles. The van der Waals surface area contributed by atoms with Crippen molar-refractivity contribution in [3.05, 3.63) is 47.7 Å². The quantitative estimate of drug-likeness (QED) is 0.755. The summed E-state index contributed by atoms with van der Waals surface area (Å²) < 4.78 is 2.11. The number of fused-ring (bicyclic) bond motifs is 1. The SMILES string of the molecule is C=CCn1c(C(=O)N2CCCCC2CCO)c(C)c2cc(C(C)C)ccc21. The van der Waals surface area contributed by atoms with E-state index in [0.29, 0.717) is 18.9 Å². The molecular formula is C23H32N2O2. The van der Waals surface area contributed by atoms with Crippen molar-refractivity contribution in [3.63, 3.8) is 0 Å². The number of hydrogen-bond acceptors (Lipinski definition) is 2. The summed E-state index contributed by atoms with van der Waals surface area (Å²) in [5, 5.41) is 10.6. The second-order valence-electron chi connectivity index (χ2n) is 7.96. The van der Waals surface area contributed by atoms with E-state index in [-0.39, 0.29) is 18.6 Å². The first kappa shape index (κ1) is 19.7. The Morgan fingerprint density at radius 3 is 2.81 bits per heavy atom. The maximum atomic E-state index is 13.6. The van der Waals surface area contributed by atoms with Crippen LogP contribution in [0.3, 0.4) is 0 Å². The lowest BCUT2D eigenvalue weighted by Gasteiger charge is -2.36. The number of benzene rings is 1. The van der Waals surface area contributed by atoms with E-state index in [1.807, 2.05) is 11.0 Å². The van der Waals surface area contributed by atoms with Crippen LogP contribution in [0.15, 0.2) is 30.9 Å². The van der Waals surface area contributed by atoms with E-state index in [1.165, 1.54) is 5.56 Å². The number of aliphatic hydroxyl groups is 1. The van der Waals surface area contributed by atoms with E-state index >= 15 is 0 Å². The third-order valence-electron chi connectivity index (χ3n) is 5.87. The molecular weight excluding hydrogens is 336 g/mol. The molecule has 0 aliphatic carbocycles. The number of nitrogens with zero attached hydrogens (tertiary/aromatic N) is 2. The fourth-order valence-corrected chi connectivity index (χ4v) is 4.35. The van der Waals surface area contributed by atoms with Crippen LogP contribution in [-0.4, -0.2) is 39.7 Å². The summed E-state index contributed by atoms with van der Waals surface area (Å²) in [6.07, 6.45) is 5.65. The zero-order valence-electron chi connectivity index (χ0n) is 16.9. The van der Waals surface area contributed by atoms with Gasteiger partial charge in [-0.25, -0.2) is 0 Å². The predicted octanol–water partition coefficient (Wildman–Crippen LogP) is 4.64. The summed E-state index contributed by atoms with van der Waals surface area (Å²) >= 11 is 0. The second-order valence-corrected chi connectivity index (χ2v) is 7.96. The van der Waals surface area contributed by atoms with E-state index in [0.717, 1.165) is 48.0 Å². The van der Waals surface area contributed by atoms with Crippen molar-refractivity contribution in [2.24, 2.45) is 0 Å². The first-order valence-corrected chi connectivity index (χ1v) is 10.1. The number of aryl methyl sites for hydroxylation is 1. The van der Waals surface area contributed by atoms with Gasteiger partial charge in [0.15, 0.2) is 0 Å². The highest BCUT2D eigenvalue weighted by Crippen LogP contribution is 2.31. The fraction of sp³-hybridized carbons (Fsp3) is 0.522. The van der Waals surface area contributed by atoms with Crippen LogP contribution < -0.4 is 0 Å². The van der Waals surface area contributed by atoms with Gasteiger partial charge in [-0.1, -0.05) is 26.0 Å².